The number of carbonyl (C=O) groups is 2. The van der Waals surface area contributed by atoms with Gasteiger partial charge in [0, 0.05) is 11.3 Å². The van der Waals surface area contributed by atoms with Crippen LogP contribution in [0.5, 0.6) is 0 Å². The fraction of sp³-hybridized carbons (Fsp3) is 0.692. The third kappa shape index (κ3) is 3.01. The van der Waals surface area contributed by atoms with Crippen LogP contribution in [0.25, 0.3) is 0 Å². The Bertz CT molecular complexity index is 305. The average Bonchev–Trinajstić information content (AvgIpc) is 2.15. The molecule has 0 aliphatic heterocycles. The summed E-state index contributed by atoms with van der Waals surface area (Å²) in [7, 11) is 0. The van der Waals surface area contributed by atoms with Crippen molar-refractivity contribution in [3.63, 3.8) is 0 Å². The fourth-order valence-corrected chi connectivity index (χ4v) is 1.89. The number of allylic oxidation sites excluding steroid dienone is 2. The molecule has 1 unspecified atom stereocenters. The first kappa shape index (κ1) is 12.2. The van der Waals surface area contributed by atoms with Crippen LogP contribution in [0, 0.1) is 11.3 Å². The zero-order valence-electron chi connectivity index (χ0n) is 10.1. The average molecular weight is 208 g/mol. The molecule has 0 aromatic heterocycles. The Morgan fingerprint density at radius 2 is 1.93 bits per heavy atom. The van der Waals surface area contributed by atoms with E-state index in [-0.39, 0.29) is 22.9 Å². The van der Waals surface area contributed by atoms with Crippen molar-refractivity contribution in [3.05, 3.63) is 11.6 Å². The summed E-state index contributed by atoms with van der Waals surface area (Å²) < 4.78 is 0. The highest BCUT2D eigenvalue weighted by molar-refractivity contribution is 5.99. The van der Waals surface area contributed by atoms with Gasteiger partial charge in [0.05, 0.1) is 0 Å². The molecule has 1 rings (SSSR count). The van der Waals surface area contributed by atoms with Gasteiger partial charge >= 0.3 is 0 Å². The lowest BCUT2D eigenvalue weighted by molar-refractivity contribution is -0.124. The standard InChI is InChI=1S/C13H20O2/c1-9(14)10-5-7-11(8-6-10)12(15)13(2,3)4/h7,10H,5-6,8H2,1-4H3. The van der Waals surface area contributed by atoms with Crippen molar-refractivity contribution < 1.29 is 9.59 Å². The predicted molar refractivity (Wildman–Crippen MR) is 60.6 cm³/mol. The molecule has 15 heavy (non-hydrogen) atoms. The molecular weight excluding hydrogens is 188 g/mol. The zero-order valence-corrected chi connectivity index (χ0v) is 10.1. The first-order valence-corrected chi connectivity index (χ1v) is 5.56. The van der Waals surface area contributed by atoms with Gasteiger partial charge in [0.15, 0.2) is 5.78 Å². The summed E-state index contributed by atoms with van der Waals surface area (Å²) in [5.74, 6) is 0.611. The zero-order chi connectivity index (χ0) is 11.6. The smallest absolute Gasteiger partial charge is 0.163 e. The van der Waals surface area contributed by atoms with Crippen LogP contribution in [0.3, 0.4) is 0 Å². The molecule has 0 saturated carbocycles. The Hall–Kier alpha value is -0.920. The molecular formula is C13H20O2. The maximum absolute atomic E-state index is 11.9. The number of carbonyl (C=O) groups excluding carboxylic acids is 2. The Morgan fingerprint density at radius 3 is 2.27 bits per heavy atom. The third-order valence-electron chi connectivity index (χ3n) is 2.96. The van der Waals surface area contributed by atoms with Crippen LogP contribution in [-0.4, -0.2) is 11.6 Å². The van der Waals surface area contributed by atoms with E-state index in [1.807, 2.05) is 26.8 Å². The van der Waals surface area contributed by atoms with Gasteiger partial charge in [0.2, 0.25) is 0 Å². The molecule has 1 aliphatic rings. The summed E-state index contributed by atoms with van der Waals surface area (Å²) in [6, 6.07) is 0. The Balaban J connectivity index is 2.69. The van der Waals surface area contributed by atoms with Crippen LogP contribution >= 0.6 is 0 Å². The van der Waals surface area contributed by atoms with Gasteiger partial charge < -0.3 is 0 Å². The number of ketones is 2. The van der Waals surface area contributed by atoms with Crippen molar-refractivity contribution in [1.82, 2.24) is 0 Å². The lowest BCUT2D eigenvalue weighted by atomic mass is 9.79. The lowest BCUT2D eigenvalue weighted by Crippen LogP contribution is -2.25. The van der Waals surface area contributed by atoms with E-state index in [0.717, 1.165) is 24.8 Å². The lowest BCUT2D eigenvalue weighted by Gasteiger charge is -2.24. The topological polar surface area (TPSA) is 34.1 Å². The van der Waals surface area contributed by atoms with Crippen molar-refractivity contribution in [3.8, 4) is 0 Å². The van der Waals surface area contributed by atoms with Gasteiger partial charge in [-0.2, -0.15) is 0 Å². The van der Waals surface area contributed by atoms with Crippen LogP contribution in [0.2, 0.25) is 0 Å². The molecule has 0 amide bonds. The van der Waals surface area contributed by atoms with Gasteiger partial charge in [-0.3, -0.25) is 9.59 Å². The Kier molecular flexibility index (Phi) is 3.48. The second kappa shape index (κ2) is 4.30. The highest BCUT2D eigenvalue weighted by atomic mass is 16.1. The summed E-state index contributed by atoms with van der Waals surface area (Å²) in [6.07, 6.45) is 4.30. The maximum Gasteiger partial charge on any atom is 0.163 e. The van der Waals surface area contributed by atoms with Crippen LogP contribution < -0.4 is 0 Å². The second-order valence-electron chi connectivity index (χ2n) is 5.39. The number of hydrogen-bond donors (Lipinski definition) is 0. The predicted octanol–water partition coefficient (Wildman–Crippen LogP) is 2.92. The molecule has 1 aliphatic carbocycles. The van der Waals surface area contributed by atoms with Gasteiger partial charge in [0.25, 0.3) is 0 Å². The van der Waals surface area contributed by atoms with E-state index < -0.39 is 0 Å². The van der Waals surface area contributed by atoms with E-state index in [2.05, 4.69) is 0 Å². The minimum Gasteiger partial charge on any atom is -0.300 e. The van der Waals surface area contributed by atoms with E-state index in [1.165, 1.54) is 0 Å². The van der Waals surface area contributed by atoms with E-state index in [1.54, 1.807) is 6.92 Å². The molecule has 0 bridgehead atoms. The summed E-state index contributed by atoms with van der Waals surface area (Å²) in [5.41, 5.74) is 0.620. The second-order valence-corrected chi connectivity index (χ2v) is 5.39. The van der Waals surface area contributed by atoms with Gasteiger partial charge in [0.1, 0.15) is 5.78 Å². The fourth-order valence-electron chi connectivity index (χ4n) is 1.89. The first-order valence-electron chi connectivity index (χ1n) is 5.56. The molecule has 2 heteroatoms. The molecule has 0 spiro atoms. The molecule has 1 atom stereocenters. The largest absolute Gasteiger partial charge is 0.300 e. The van der Waals surface area contributed by atoms with Gasteiger partial charge in [-0.1, -0.05) is 26.8 Å². The number of rotatable bonds is 2. The molecule has 0 aromatic rings. The molecule has 2 nitrogen and oxygen atoms in total. The van der Waals surface area contributed by atoms with E-state index in [9.17, 15) is 9.59 Å². The summed E-state index contributed by atoms with van der Waals surface area (Å²) in [6.45, 7) is 7.45. The molecule has 84 valence electrons. The number of Topliss-reactive ketones (excluding diaryl/α,β-unsaturated/α-hetero) is 2. The van der Waals surface area contributed by atoms with Crippen molar-refractivity contribution in [2.45, 2.75) is 47.0 Å². The van der Waals surface area contributed by atoms with Gasteiger partial charge in [-0.15, -0.1) is 0 Å². The van der Waals surface area contributed by atoms with E-state index in [0.29, 0.717) is 0 Å². The molecule has 0 saturated heterocycles. The Morgan fingerprint density at radius 1 is 1.33 bits per heavy atom. The van der Waals surface area contributed by atoms with Crippen molar-refractivity contribution in [1.29, 1.82) is 0 Å². The van der Waals surface area contributed by atoms with Crippen LogP contribution in [0.15, 0.2) is 11.6 Å². The normalized spacial score (nSPS) is 22.1. The van der Waals surface area contributed by atoms with Gasteiger partial charge in [-0.25, -0.2) is 0 Å². The van der Waals surface area contributed by atoms with Crippen LogP contribution in [-0.2, 0) is 9.59 Å². The van der Waals surface area contributed by atoms with Crippen molar-refractivity contribution in [2.75, 3.05) is 0 Å². The van der Waals surface area contributed by atoms with Crippen molar-refractivity contribution in [2.24, 2.45) is 11.3 Å². The van der Waals surface area contributed by atoms with Crippen molar-refractivity contribution >= 4 is 11.6 Å². The minimum atomic E-state index is -0.297. The summed E-state index contributed by atoms with van der Waals surface area (Å²) in [5, 5.41) is 0. The maximum atomic E-state index is 11.9. The van der Waals surface area contributed by atoms with Crippen LogP contribution in [0.4, 0.5) is 0 Å². The summed E-state index contributed by atoms with van der Waals surface area (Å²) >= 11 is 0. The Labute approximate surface area is 91.7 Å². The number of hydrogen-bond acceptors (Lipinski definition) is 2. The highest BCUT2D eigenvalue weighted by Crippen LogP contribution is 2.29. The third-order valence-corrected chi connectivity index (χ3v) is 2.96. The first-order chi connectivity index (χ1) is 6.82. The molecule has 0 fully saturated rings. The SMILES string of the molecule is CC(=O)C1CC=C(C(=O)C(C)(C)C)CC1. The van der Waals surface area contributed by atoms with Crippen LogP contribution in [0.1, 0.15) is 47.0 Å². The van der Waals surface area contributed by atoms with E-state index in [4.69, 9.17) is 0 Å². The monoisotopic (exact) mass is 208 g/mol. The molecule has 0 aromatic carbocycles. The molecule has 0 heterocycles. The highest BCUT2D eigenvalue weighted by Gasteiger charge is 2.28. The minimum absolute atomic E-state index is 0.140. The quantitative estimate of drug-likeness (QED) is 0.699. The summed E-state index contributed by atoms with van der Waals surface area (Å²) in [4.78, 5) is 23.1. The molecule has 0 N–H and O–H groups in total. The van der Waals surface area contributed by atoms with E-state index >= 15 is 0 Å². The molecule has 0 radical (unpaired) electrons. The van der Waals surface area contributed by atoms with Gasteiger partial charge in [-0.05, 0) is 31.8 Å².